The van der Waals surface area contributed by atoms with Crippen molar-refractivity contribution in [1.29, 1.82) is 0 Å². The van der Waals surface area contributed by atoms with Crippen LogP contribution in [0.15, 0.2) is 0 Å². The molecule has 1 saturated carbocycles. The maximum Gasteiger partial charge on any atom is -0.0321 e. The van der Waals surface area contributed by atoms with Crippen molar-refractivity contribution in [1.82, 2.24) is 0 Å². The van der Waals surface area contributed by atoms with Crippen LogP contribution in [0.2, 0.25) is 0 Å². The van der Waals surface area contributed by atoms with E-state index in [4.69, 9.17) is 0 Å². The monoisotopic (exact) mass is 238 g/mol. The first kappa shape index (κ1) is 15.1. The van der Waals surface area contributed by atoms with Gasteiger partial charge in [-0.3, -0.25) is 0 Å². The van der Waals surface area contributed by atoms with Crippen LogP contribution in [0.3, 0.4) is 0 Å². The number of unbranched alkanes of at least 4 members (excludes halogenated alkanes) is 1. The molecule has 0 radical (unpaired) electrons. The summed E-state index contributed by atoms with van der Waals surface area (Å²) in [5.74, 6) is 1.91. The second kappa shape index (κ2) is 7.44. The topological polar surface area (TPSA) is 0 Å². The summed E-state index contributed by atoms with van der Waals surface area (Å²) < 4.78 is 0. The lowest BCUT2D eigenvalue weighted by molar-refractivity contribution is 0.154. The second-order valence-electron chi connectivity index (χ2n) is 7.22. The fraction of sp³-hybridized carbons (Fsp3) is 1.00. The molecule has 0 aromatic rings. The average molecular weight is 238 g/mol. The molecule has 1 unspecified atom stereocenters. The highest BCUT2D eigenvalue weighted by Crippen LogP contribution is 2.41. The molecule has 102 valence electrons. The molecule has 1 aliphatic carbocycles. The molecule has 0 amide bonds. The van der Waals surface area contributed by atoms with Crippen LogP contribution < -0.4 is 0 Å². The first-order valence-corrected chi connectivity index (χ1v) is 8.06. The van der Waals surface area contributed by atoms with Crippen LogP contribution >= 0.6 is 0 Å². The molecule has 0 aliphatic heterocycles. The fourth-order valence-electron chi connectivity index (χ4n) is 3.96. The zero-order chi connectivity index (χ0) is 12.7. The minimum absolute atomic E-state index is 0.631. The molecule has 0 bridgehead atoms. The molecule has 0 N–H and O–H groups in total. The van der Waals surface area contributed by atoms with Gasteiger partial charge in [-0.05, 0) is 36.5 Å². The third-order valence-corrected chi connectivity index (χ3v) is 4.54. The van der Waals surface area contributed by atoms with Gasteiger partial charge < -0.3 is 0 Å². The Morgan fingerprint density at radius 3 is 2.29 bits per heavy atom. The lowest BCUT2D eigenvalue weighted by atomic mass is 9.69. The van der Waals surface area contributed by atoms with E-state index in [1.165, 1.54) is 64.2 Å². The summed E-state index contributed by atoms with van der Waals surface area (Å²) in [4.78, 5) is 0. The first-order valence-electron chi connectivity index (χ1n) is 8.06. The van der Waals surface area contributed by atoms with Crippen molar-refractivity contribution in [2.75, 3.05) is 0 Å². The third-order valence-electron chi connectivity index (χ3n) is 4.54. The minimum Gasteiger partial charge on any atom is -0.0654 e. The standard InChI is InChI=1S/C17H34/c1-5-6-12-17(4,13-15(2)3)14-16-10-8-7-9-11-16/h15-16H,5-14H2,1-4H3. The van der Waals surface area contributed by atoms with Gasteiger partial charge in [0.15, 0.2) is 0 Å². The lowest BCUT2D eigenvalue weighted by Crippen LogP contribution is -2.24. The van der Waals surface area contributed by atoms with Crippen LogP contribution in [0.25, 0.3) is 0 Å². The highest BCUT2D eigenvalue weighted by atomic mass is 14.3. The van der Waals surface area contributed by atoms with Crippen LogP contribution in [0.1, 0.15) is 91.9 Å². The summed E-state index contributed by atoms with van der Waals surface area (Å²) in [6.45, 7) is 9.68. The Morgan fingerprint density at radius 2 is 1.76 bits per heavy atom. The van der Waals surface area contributed by atoms with Crippen LogP contribution in [0.4, 0.5) is 0 Å². The first-order chi connectivity index (χ1) is 8.06. The van der Waals surface area contributed by atoms with E-state index in [1.807, 2.05) is 0 Å². The van der Waals surface area contributed by atoms with Gasteiger partial charge in [-0.1, -0.05) is 72.6 Å². The Hall–Kier alpha value is 0. The molecule has 0 aromatic heterocycles. The number of hydrogen-bond acceptors (Lipinski definition) is 0. The Labute approximate surface area is 110 Å². The van der Waals surface area contributed by atoms with Crippen LogP contribution in [-0.2, 0) is 0 Å². The van der Waals surface area contributed by atoms with Crippen molar-refractivity contribution in [3.8, 4) is 0 Å². The maximum absolute atomic E-state index is 2.57. The van der Waals surface area contributed by atoms with E-state index in [0.717, 1.165) is 11.8 Å². The Kier molecular flexibility index (Phi) is 6.59. The summed E-state index contributed by atoms with van der Waals surface area (Å²) in [7, 11) is 0. The van der Waals surface area contributed by atoms with Gasteiger partial charge in [-0.25, -0.2) is 0 Å². The highest BCUT2D eigenvalue weighted by Gasteiger charge is 2.29. The van der Waals surface area contributed by atoms with E-state index < -0.39 is 0 Å². The highest BCUT2D eigenvalue weighted by molar-refractivity contribution is 4.80. The zero-order valence-corrected chi connectivity index (χ0v) is 12.7. The van der Waals surface area contributed by atoms with E-state index in [9.17, 15) is 0 Å². The Balaban J connectivity index is 2.48. The van der Waals surface area contributed by atoms with Gasteiger partial charge in [0, 0.05) is 0 Å². The van der Waals surface area contributed by atoms with E-state index >= 15 is 0 Å². The molecule has 0 heterocycles. The van der Waals surface area contributed by atoms with Crippen molar-refractivity contribution in [2.45, 2.75) is 91.9 Å². The summed E-state index contributed by atoms with van der Waals surface area (Å²) in [5.41, 5.74) is 0.631. The zero-order valence-electron chi connectivity index (χ0n) is 12.7. The van der Waals surface area contributed by atoms with Crippen LogP contribution in [0.5, 0.6) is 0 Å². The normalized spacial score (nSPS) is 21.7. The van der Waals surface area contributed by atoms with Gasteiger partial charge in [0.25, 0.3) is 0 Å². The number of rotatable bonds is 7. The average Bonchev–Trinajstić information content (AvgIpc) is 2.26. The molecular weight excluding hydrogens is 204 g/mol. The SMILES string of the molecule is CCCCC(C)(CC(C)C)CC1CCCCC1. The fourth-order valence-corrected chi connectivity index (χ4v) is 3.96. The van der Waals surface area contributed by atoms with Gasteiger partial charge >= 0.3 is 0 Å². The van der Waals surface area contributed by atoms with Crippen LogP contribution in [-0.4, -0.2) is 0 Å². The summed E-state index contributed by atoms with van der Waals surface area (Å²) >= 11 is 0. The van der Waals surface area contributed by atoms with Crippen molar-refractivity contribution < 1.29 is 0 Å². The predicted molar refractivity (Wildman–Crippen MR) is 78.3 cm³/mol. The number of hydrogen-bond donors (Lipinski definition) is 0. The van der Waals surface area contributed by atoms with Gasteiger partial charge in [0.05, 0.1) is 0 Å². The molecule has 0 heteroatoms. The third kappa shape index (κ3) is 5.93. The minimum atomic E-state index is 0.631. The van der Waals surface area contributed by atoms with Crippen molar-refractivity contribution in [3.63, 3.8) is 0 Å². The largest absolute Gasteiger partial charge is 0.0654 e. The second-order valence-corrected chi connectivity index (χ2v) is 7.22. The molecule has 1 atom stereocenters. The summed E-state index contributed by atoms with van der Waals surface area (Å²) in [6.07, 6.45) is 14.7. The predicted octanol–water partition coefficient (Wildman–Crippen LogP) is 6.20. The molecule has 0 spiro atoms. The summed E-state index contributed by atoms with van der Waals surface area (Å²) in [6, 6.07) is 0. The molecule has 1 aliphatic rings. The molecule has 0 saturated heterocycles. The summed E-state index contributed by atoms with van der Waals surface area (Å²) in [5, 5.41) is 0. The molecule has 1 rings (SSSR count). The molecule has 17 heavy (non-hydrogen) atoms. The quantitative estimate of drug-likeness (QED) is 0.495. The Morgan fingerprint density at radius 1 is 1.12 bits per heavy atom. The van der Waals surface area contributed by atoms with Crippen LogP contribution in [0, 0.1) is 17.3 Å². The smallest absolute Gasteiger partial charge is 0.0321 e. The van der Waals surface area contributed by atoms with E-state index in [1.54, 1.807) is 0 Å². The molecule has 0 nitrogen and oxygen atoms in total. The van der Waals surface area contributed by atoms with Gasteiger partial charge in [-0.15, -0.1) is 0 Å². The molecule has 0 aromatic carbocycles. The van der Waals surface area contributed by atoms with E-state index in [-0.39, 0.29) is 0 Å². The van der Waals surface area contributed by atoms with Crippen molar-refractivity contribution in [3.05, 3.63) is 0 Å². The van der Waals surface area contributed by atoms with E-state index in [2.05, 4.69) is 27.7 Å². The van der Waals surface area contributed by atoms with Gasteiger partial charge in [0.1, 0.15) is 0 Å². The van der Waals surface area contributed by atoms with E-state index in [0.29, 0.717) is 5.41 Å². The maximum atomic E-state index is 2.57. The molecule has 1 fully saturated rings. The van der Waals surface area contributed by atoms with Crippen molar-refractivity contribution >= 4 is 0 Å². The lowest BCUT2D eigenvalue weighted by Gasteiger charge is -2.36. The molecular formula is C17H34. The van der Waals surface area contributed by atoms with Gasteiger partial charge in [-0.2, -0.15) is 0 Å². The Bertz CT molecular complexity index is 188. The van der Waals surface area contributed by atoms with Gasteiger partial charge in [0.2, 0.25) is 0 Å². The van der Waals surface area contributed by atoms with Crippen molar-refractivity contribution in [2.24, 2.45) is 17.3 Å².